The summed E-state index contributed by atoms with van der Waals surface area (Å²) >= 11 is 5.46. The smallest absolute Gasteiger partial charge is 0.285 e. The first-order valence-corrected chi connectivity index (χ1v) is 5.40. The molecule has 1 unspecified atom stereocenters. The molecule has 0 fully saturated rings. The van der Waals surface area contributed by atoms with Gasteiger partial charge in [0, 0.05) is 11.9 Å². The second-order valence-corrected chi connectivity index (χ2v) is 3.88. The van der Waals surface area contributed by atoms with Gasteiger partial charge in [-0.3, -0.25) is 14.9 Å². The highest BCUT2D eigenvalue weighted by Gasteiger charge is 2.24. The van der Waals surface area contributed by atoms with Gasteiger partial charge < -0.3 is 5.32 Å². The second-order valence-electron chi connectivity index (χ2n) is 3.57. The van der Waals surface area contributed by atoms with E-state index in [-0.39, 0.29) is 5.88 Å². The molecular formula is C10H9ClF2N2O3. The Kier molecular flexibility index (Phi) is 4.55. The number of hydrogen-bond acceptors (Lipinski definition) is 3. The van der Waals surface area contributed by atoms with Crippen molar-refractivity contribution < 1.29 is 18.5 Å². The Morgan fingerprint density at radius 1 is 1.50 bits per heavy atom. The topological polar surface area (TPSA) is 72.2 Å². The van der Waals surface area contributed by atoms with Crippen molar-refractivity contribution in [2.75, 3.05) is 5.88 Å². The van der Waals surface area contributed by atoms with Gasteiger partial charge in [0.1, 0.15) is 5.56 Å². The molecule has 1 rings (SSSR count). The zero-order valence-electron chi connectivity index (χ0n) is 9.25. The first kappa shape index (κ1) is 14.3. The zero-order valence-corrected chi connectivity index (χ0v) is 10.0. The molecule has 1 atom stereocenters. The highest BCUT2D eigenvalue weighted by atomic mass is 35.5. The highest BCUT2D eigenvalue weighted by Crippen LogP contribution is 2.22. The number of nitro benzene ring substituents is 1. The highest BCUT2D eigenvalue weighted by molar-refractivity contribution is 6.18. The SMILES string of the molecule is CC(CCl)NC(=O)c1cc(F)c(F)cc1[N+](=O)[O-]. The fraction of sp³-hybridized carbons (Fsp3) is 0.300. The first-order valence-electron chi connectivity index (χ1n) is 4.87. The van der Waals surface area contributed by atoms with Gasteiger partial charge in [-0.15, -0.1) is 11.6 Å². The van der Waals surface area contributed by atoms with E-state index in [1.807, 2.05) is 0 Å². The lowest BCUT2D eigenvalue weighted by molar-refractivity contribution is -0.385. The van der Waals surface area contributed by atoms with E-state index >= 15 is 0 Å². The van der Waals surface area contributed by atoms with Crippen molar-refractivity contribution in [2.45, 2.75) is 13.0 Å². The van der Waals surface area contributed by atoms with Crippen LogP contribution in [0.1, 0.15) is 17.3 Å². The average Bonchev–Trinajstić information content (AvgIpc) is 2.31. The fourth-order valence-corrected chi connectivity index (χ4v) is 1.29. The Balaban J connectivity index is 3.18. The third-order valence-corrected chi connectivity index (χ3v) is 2.55. The summed E-state index contributed by atoms with van der Waals surface area (Å²) in [6.45, 7) is 1.57. The molecule has 1 N–H and O–H groups in total. The number of amides is 1. The van der Waals surface area contributed by atoms with Crippen LogP contribution in [0.3, 0.4) is 0 Å². The number of hydrogen-bond donors (Lipinski definition) is 1. The number of nitrogens with one attached hydrogen (secondary N) is 1. The summed E-state index contributed by atoms with van der Waals surface area (Å²) < 4.78 is 25.9. The lowest BCUT2D eigenvalue weighted by Crippen LogP contribution is -2.34. The van der Waals surface area contributed by atoms with Gasteiger partial charge in [0.15, 0.2) is 11.6 Å². The van der Waals surface area contributed by atoms with Crippen molar-refractivity contribution >= 4 is 23.2 Å². The van der Waals surface area contributed by atoms with Gasteiger partial charge in [0.2, 0.25) is 0 Å². The predicted octanol–water partition coefficient (Wildman–Crippen LogP) is 2.23. The van der Waals surface area contributed by atoms with E-state index in [1.54, 1.807) is 6.92 Å². The van der Waals surface area contributed by atoms with Crippen LogP contribution in [0, 0.1) is 21.7 Å². The summed E-state index contributed by atoms with van der Waals surface area (Å²) in [5, 5.41) is 13.0. The molecule has 0 aromatic heterocycles. The van der Waals surface area contributed by atoms with Crippen LogP contribution in [0.4, 0.5) is 14.5 Å². The van der Waals surface area contributed by atoms with E-state index < -0.39 is 39.8 Å². The van der Waals surface area contributed by atoms with E-state index in [9.17, 15) is 23.7 Å². The fourth-order valence-electron chi connectivity index (χ4n) is 1.21. The van der Waals surface area contributed by atoms with Crippen LogP contribution in [0.15, 0.2) is 12.1 Å². The van der Waals surface area contributed by atoms with Gasteiger partial charge in [-0.1, -0.05) is 0 Å². The summed E-state index contributed by atoms with van der Waals surface area (Å²) in [6.07, 6.45) is 0. The number of carbonyl (C=O) groups is 1. The van der Waals surface area contributed by atoms with Crippen molar-refractivity contribution in [3.8, 4) is 0 Å². The molecule has 0 heterocycles. The molecule has 1 aromatic carbocycles. The number of rotatable bonds is 4. The molecule has 0 aliphatic rings. The molecule has 98 valence electrons. The van der Waals surface area contributed by atoms with Gasteiger partial charge in [0.25, 0.3) is 11.6 Å². The Bertz CT molecular complexity index is 496. The minimum absolute atomic E-state index is 0.0865. The lowest BCUT2D eigenvalue weighted by atomic mass is 10.1. The second kappa shape index (κ2) is 5.72. The van der Waals surface area contributed by atoms with Crippen LogP contribution in [0.2, 0.25) is 0 Å². The number of halogens is 3. The molecule has 0 radical (unpaired) electrons. The van der Waals surface area contributed by atoms with Crippen LogP contribution in [0.5, 0.6) is 0 Å². The van der Waals surface area contributed by atoms with Crippen LogP contribution in [-0.2, 0) is 0 Å². The Labute approximate surface area is 106 Å². The van der Waals surface area contributed by atoms with E-state index in [1.165, 1.54) is 0 Å². The largest absolute Gasteiger partial charge is 0.348 e. The van der Waals surface area contributed by atoms with Gasteiger partial charge in [-0.25, -0.2) is 8.78 Å². The van der Waals surface area contributed by atoms with Crippen LogP contribution in [-0.4, -0.2) is 22.8 Å². The molecule has 0 saturated carbocycles. The minimum Gasteiger partial charge on any atom is -0.348 e. The Morgan fingerprint density at radius 3 is 2.56 bits per heavy atom. The minimum atomic E-state index is -1.39. The molecule has 0 bridgehead atoms. The van der Waals surface area contributed by atoms with Crippen molar-refractivity contribution in [3.63, 3.8) is 0 Å². The van der Waals surface area contributed by atoms with Gasteiger partial charge in [-0.05, 0) is 13.0 Å². The van der Waals surface area contributed by atoms with Gasteiger partial charge in [-0.2, -0.15) is 0 Å². The van der Waals surface area contributed by atoms with Crippen molar-refractivity contribution in [1.82, 2.24) is 5.32 Å². The standard InChI is InChI=1S/C10H9ClF2N2O3/c1-5(4-11)14-10(16)6-2-7(12)8(13)3-9(6)15(17)18/h2-3,5H,4H2,1H3,(H,14,16). The predicted molar refractivity (Wildman–Crippen MR) is 60.7 cm³/mol. The van der Waals surface area contributed by atoms with E-state index in [4.69, 9.17) is 11.6 Å². The molecule has 5 nitrogen and oxygen atoms in total. The maximum atomic E-state index is 13.0. The van der Waals surface area contributed by atoms with Gasteiger partial charge in [0.05, 0.1) is 11.0 Å². The Morgan fingerprint density at radius 2 is 2.06 bits per heavy atom. The monoisotopic (exact) mass is 278 g/mol. The summed E-state index contributed by atoms with van der Waals surface area (Å²) in [4.78, 5) is 21.3. The number of carbonyl (C=O) groups excluding carboxylic acids is 1. The Hall–Kier alpha value is -1.76. The molecule has 0 saturated heterocycles. The number of benzene rings is 1. The molecule has 0 aliphatic heterocycles. The maximum absolute atomic E-state index is 13.0. The number of nitrogens with zero attached hydrogens (tertiary/aromatic N) is 1. The maximum Gasteiger partial charge on any atom is 0.285 e. The first-order chi connectivity index (χ1) is 8.36. The lowest BCUT2D eigenvalue weighted by Gasteiger charge is -2.10. The third-order valence-electron chi connectivity index (χ3n) is 2.09. The van der Waals surface area contributed by atoms with Crippen molar-refractivity contribution in [1.29, 1.82) is 0 Å². The summed E-state index contributed by atoms with van der Waals surface area (Å²) in [5.41, 5.74) is -1.34. The van der Waals surface area contributed by atoms with Crippen LogP contribution < -0.4 is 5.32 Å². The van der Waals surface area contributed by atoms with E-state index in [0.717, 1.165) is 0 Å². The summed E-state index contributed by atoms with van der Waals surface area (Å²) in [7, 11) is 0. The van der Waals surface area contributed by atoms with E-state index in [0.29, 0.717) is 12.1 Å². The number of nitro groups is 1. The third kappa shape index (κ3) is 3.13. The van der Waals surface area contributed by atoms with Crippen LogP contribution >= 0.6 is 11.6 Å². The zero-order chi connectivity index (χ0) is 13.9. The molecule has 0 aliphatic carbocycles. The molecule has 1 amide bonds. The summed E-state index contributed by atoms with van der Waals surface area (Å²) in [5.74, 6) is -3.51. The quantitative estimate of drug-likeness (QED) is 0.521. The van der Waals surface area contributed by atoms with Gasteiger partial charge >= 0.3 is 0 Å². The number of alkyl halides is 1. The normalized spacial score (nSPS) is 12.0. The molecule has 0 spiro atoms. The molecule has 8 heteroatoms. The molecular weight excluding hydrogens is 270 g/mol. The summed E-state index contributed by atoms with van der Waals surface area (Å²) in [6, 6.07) is 0.409. The average molecular weight is 279 g/mol. The van der Waals surface area contributed by atoms with Crippen LogP contribution in [0.25, 0.3) is 0 Å². The van der Waals surface area contributed by atoms with Crippen molar-refractivity contribution in [2.24, 2.45) is 0 Å². The molecule has 1 aromatic rings. The van der Waals surface area contributed by atoms with Crippen molar-refractivity contribution in [3.05, 3.63) is 39.4 Å². The van der Waals surface area contributed by atoms with E-state index in [2.05, 4.69) is 5.32 Å². The molecule has 18 heavy (non-hydrogen) atoms.